The summed E-state index contributed by atoms with van der Waals surface area (Å²) in [5.74, 6) is -0.146. The third-order valence-corrected chi connectivity index (χ3v) is 7.67. The molecule has 0 bridgehead atoms. The van der Waals surface area contributed by atoms with E-state index in [4.69, 9.17) is 9.47 Å². The van der Waals surface area contributed by atoms with Crippen LogP contribution >= 0.6 is 0 Å². The predicted molar refractivity (Wildman–Crippen MR) is 138 cm³/mol. The summed E-state index contributed by atoms with van der Waals surface area (Å²) in [5.41, 5.74) is 2.79. The highest BCUT2D eigenvalue weighted by Crippen LogP contribution is 2.29. The van der Waals surface area contributed by atoms with E-state index in [1.807, 2.05) is 32.9 Å². The van der Waals surface area contributed by atoms with Gasteiger partial charge in [-0.2, -0.15) is 5.10 Å². The molecule has 196 valence electrons. The first-order valence-corrected chi connectivity index (χ1v) is 13.7. The minimum atomic E-state index is -4.22. The number of sulfonamides is 1. The van der Waals surface area contributed by atoms with E-state index >= 15 is 0 Å². The molecule has 1 aliphatic carbocycles. The molecule has 4 rings (SSSR count). The molecular weight excluding hydrogens is 494 g/mol. The Bertz CT molecular complexity index is 1450. The van der Waals surface area contributed by atoms with Crippen LogP contribution in [0.15, 0.2) is 75.2 Å². The first kappa shape index (κ1) is 26.6. The number of rotatable bonds is 7. The lowest BCUT2D eigenvalue weighted by Crippen LogP contribution is -2.42. The summed E-state index contributed by atoms with van der Waals surface area (Å²) < 4.78 is 40.6. The lowest BCUT2D eigenvalue weighted by molar-refractivity contribution is -0.121. The Labute approximate surface area is 216 Å². The van der Waals surface area contributed by atoms with Crippen molar-refractivity contribution in [1.82, 2.24) is 14.5 Å². The van der Waals surface area contributed by atoms with Gasteiger partial charge < -0.3 is 9.47 Å². The van der Waals surface area contributed by atoms with Gasteiger partial charge in [0.1, 0.15) is 5.76 Å². The van der Waals surface area contributed by atoms with Crippen LogP contribution < -0.4 is 10.3 Å². The fourth-order valence-corrected chi connectivity index (χ4v) is 5.28. The largest absolute Gasteiger partial charge is 0.467 e. The van der Waals surface area contributed by atoms with Crippen LogP contribution in [0.2, 0.25) is 0 Å². The Hall–Kier alpha value is -3.50. The van der Waals surface area contributed by atoms with E-state index in [2.05, 4.69) is 9.82 Å². The van der Waals surface area contributed by atoms with Crippen LogP contribution in [0.5, 0.6) is 0 Å². The Morgan fingerprint density at radius 2 is 1.95 bits per heavy atom. The van der Waals surface area contributed by atoms with E-state index in [9.17, 15) is 18.0 Å². The van der Waals surface area contributed by atoms with Gasteiger partial charge in [-0.15, -0.1) is 0 Å². The number of aryl methyl sites for hydroxylation is 2. The molecule has 1 unspecified atom stereocenters. The Balaban J connectivity index is 1.79. The minimum absolute atomic E-state index is 0.0460. The van der Waals surface area contributed by atoms with Crippen molar-refractivity contribution < 1.29 is 22.7 Å². The van der Waals surface area contributed by atoms with E-state index in [-0.39, 0.29) is 24.0 Å². The summed E-state index contributed by atoms with van der Waals surface area (Å²) in [6.07, 6.45) is 6.05. The number of aromatic nitrogens is 2. The number of ether oxygens (including phenoxy) is 2. The standard InChI is InChI=1S/C27H31N3O6S/c1-5-19-13-18(4)28-30(27(19)32)25(21-7-6-8-22-15-35-16-36-24(22)14-21)26(31)29-37(33,34)23-11-9-20(10-12-23)17(2)3/h6,8-14,17,25H,5,7,15-16H2,1-4H3,(H,29,31). The number of nitrogens with zero attached hydrogens (tertiary/aromatic N) is 2. The zero-order valence-corrected chi connectivity index (χ0v) is 22.2. The number of hydrogen-bond acceptors (Lipinski definition) is 7. The van der Waals surface area contributed by atoms with Gasteiger partial charge in [0, 0.05) is 11.1 Å². The lowest BCUT2D eigenvalue weighted by atomic mass is 10.0. The number of allylic oxidation sites excluding steroid dienone is 2. The van der Waals surface area contributed by atoms with Crippen LogP contribution in [-0.4, -0.2) is 37.5 Å². The Kier molecular flexibility index (Phi) is 7.79. The number of nitrogens with one attached hydrogen (secondary N) is 1. The molecule has 0 spiro atoms. The van der Waals surface area contributed by atoms with Crippen LogP contribution in [0.25, 0.3) is 0 Å². The quantitative estimate of drug-likeness (QED) is 0.589. The van der Waals surface area contributed by atoms with Gasteiger partial charge in [0.05, 0.1) is 17.2 Å². The van der Waals surface area contributed by atoms with Crippen molar-refractivity contribution in [2.24, 2.45) is 0 Å². The first-order valence-electron chi connectivity index (χ1n) is 12.2. The highest BCUT2D eigenvalue weighted by Gasteiger charge is 2.32. The van der Waals surface area contributed by atoms with Crippen molar-refractivity contribution in [3.63, 3.8) is 0 Å². The molecule has 1 atom stereocenters. The number of amides is 1. The van der Waals surface area contributed by atoms with Crippen LogP contribution in [0.4, 0.5) is 0 Å². The zero-order chi connectivity index (χ0) is 26.7. The molecule has 2 aromatic rings. The lowest BCUT2D eigenvalue weighted by Gasteiger charge is -2.23. The van der Waals surface area contributed by atoms with Gasteiger partial charge in [-0.1, -0.05) is 45.1 Å². The maximum Gasteiger partial charge on any atom is 0.271 e. The van der Waals surface area contributed by atoms with Crippen LogP contribution in [0.1, 0.15) is 56.0 Å². The molecule has 2 heterocycles. The van der Waals surface area contributed by atoms with Gasteiger partial charge in [-0.25, -0.2) is 17.8 Å². The van der Waals surface area contributed by atoms with Crippen molar-refractivity contribution in [2.45, 2.75) is 57.4 Å². The van der Waals surface area contributed by atoms with Crippen molar-refractivity contribution in [1.29, 1.82) is 0 Å². The van der Waals surface area contributed by atoms with Crippen molar-refractivity contribution >= 4 is 15.9 Å². The molecule has 1 aromatic heterocycles. The second-order valence-electron chi connectivity index (χ2n) is 9.34. The summed E-state index contributed by atoms with van der Waals surface area (Å²) in [6.45, 7) is 7.96. The Morgan fingerprint density at radius 1 is 1.22 bits per heavy atom. The maximum atomic E-state index is 13.7. The summed E-state index contributed by atoms with van der Waals surface area (Å²) in [7, 11) is -4.22. The second kappa shape index (κ2) is 10.9. The van der Waals surface area contributed by atoms with Gasteiger partial charge in [-0.3, -0.25) is 9.59 Å². The number of hydrogen-bond donors (Lipinski definition) is 1. The molecule has 2 aliphatic rings. The monoisotopic (exact) mass is 525 g/mol. The molecule has 0 radical (unpaired) electrons. The van der Waals surface area contributed by atoms with Gasteiger partial charge in [0.15, 0.2) is 12.8 Å². The molecule has 1 amide bonds. The number of benzene rings is 1. The molecule has 9 nitrogen and oxygen atoms in total. The average molecular weight is 526 g/mol. The minimum Gasteiger partial charge on any atom is -0.467 e. The third-order valence-electron chi connectivity index (χ3n) is 6.31. The summed E-state index contributed by atoms with van der Waals surface area (Å²) in [5, 5.41) is 4.35. The summed E-state index contributed by atoms with van der Waals surface area (Å²) >= 11 is 0. The highest BCUT2D eigenvalue weighted by atomic mass is 32.2. The molecule has 37 heavy (non-hydrogen) atoms. The molecular formula is C27H31N3O6S. The third kappa shape index (κ3) is 5.75. The predicted octanol–water partition coefficient (Wildman–Crippen LogP) is 3.43. The van der Waals surface area contributed by atoms with Gasteiger partial charge in [0.25, 0.3) is 21.5 Å². The van der Waals surface area contributed by atoms with Crippen molar-refractivity contribution in [3.8, 4) is 0 Å². The first-order chi connectivity index (χ1) is 17.6. The smallest absolute Gasteiger partial charge is 0.271 e. The molecule has 0 fully saturated rings. The summed E-state index contributed by atoms with van der Waals surface area (Å²) in [4.78, 5) is 27.0. The average Bonchev–Trinajstić information content (AvgIpc) is 3.08. The van der Waals surface area contributed by atoms with Crippen LogP contribution in [-0.2, 0) is 30.7 Å². The number of carbonyl (C=O) groups excluding carboxylic acids is 1. The van der Waals surface area contributed by atoms with E-state index < -0.39 is 27.5 Å². The second-order valence-corrected chi connectivity index (χ2v) is 11.0. The van der Waals surface area contributed by atoms with Gasteiger partial charge in [-0.05, 0) is 61.1 Å². The van der Waals surface area contributed by atoms with Crippen LogP contribution in [0, 0.1) is 6.92 Å². The molecule has 0 saturated carbocycles. The van der Waals surface area contributed by atoms with Crippen molar-refractivity contribution in [2.75, 3.05) is 13.4 Å². The summed E-state index contributed by atoms with van der Waals surface area (Å²) in [6, 6.07) is 6.72. The normalized spacial score (nSPS) is 16.5. The molecule has 1 aromatic carbocycles. The Morgan fingerprint density at radius 3 is 2.62 bits per heavy atom. The number of carbonyl (C=O) groups is 1. The van der Waals surface area contributed by atoms with Crippen molar-refractivity contribution in [3.05, 3.63) is 92.6 Å². The van der Waals surface area contributed by atoms with E-state index in [1.165, 1.54) is 12.1 Å². The van der Waals surface area contributed by atoms with Crippen LogP contribution in [0.3, 0.4) is 0 Å². The fraction of sp³-hybridized carbons (Fsp3) is 0.370. The topological polar surface area (TPSA) is 117 Å². The highest BCUT2D eigenvalue weighted by molar-refractivity contribution is 7.90. The zero-order valence-electron chi connectivity index (χ0n) is 21.4. The maximum absolute atomic E-state index is 13.7. The van der Waals surface area contributed by atoms with E-state index in [1.54, 1.807) is 31.2 Å². The molecule has 1 N–H and O–H groups in total. The molecule has 10 heteroatoms. The van der Waals surface area contributed by atoms with Gasteiger partial charge >= 0.3 is 0 Å². The fourth-order valence-electron chi connectivity index (χ4n) is 4.29. The molecule has 0 saturated heterocycles. The van der Waals surface area contributed by atoms with E-state index in [0.717, 1.165) is 15.8 Å². The van der Waals surface area contributed by atoms with Gasteiger partial charge in [0.2, 0.25) is 0 Å². The van der Waals surface area contributed by atoms with E-state index in [0.29, 0.717) is 35.6 Å². The molecule has 1 aliphatic heterocycles. The SMILES string of the molecule is CCc1cc(C)nn(C(C(=O)NS(=O)(=O)c2ccc(C(C)C)cc2)C2=CC3=C(C=CC2)COCO3)c1=O.